The van der Waals surface area contributed by atoms with Gasteiger partial charge in [0.2, 0.25) is 0 Å². The van der Waals surface area contributed by atoms with E-state index in [1.54, 1.807) is 25.3 Å². The summed E-state index contributed by atoms with van der Waals surface area (Å²) in [6.45, 7) is 1.70. The third kappa shape index (κ3) is 2.93. The molecular weight excluding hydrogens is 330 g/mol. The van der Waals surface area contributed by atoms with Gasteiger partial charge in [0.05, 0.1) is 12.3 Å². The predicted molar refractivity (Wildman–Crippen MR) is 77.4 cm³/mol. The molecule has 1 aromatic heterocycles. The molecule has 1 unspecified atom stereocenters. The Hall–Kier alpha value is -1.67. The molecule has 0 spiro atoms. The Morgan fingerprint density at radius 2 is 2.05 bits per heavy atom. The lowest BCUT2D eigenvalue weighted by Crippen LogP contribution is -2.11. The van der Waals surface area contributed by atoms with Crippen molar-refractivity contribution in [1.82, 2.24) is 4.98 Å². The summed E-state index contributed by atoms with van der Waals surface area (Å²) in [5, 5.41) is 0.602. The normalized spacial score (nSPS) is 17.3. The lowest BCUT2D eigenvalue weighted by atomic mass is 10.0. The van der Waals surface area contributed by atoms with E-state index in [0.29, 0.717) is 21.8 Å². The van der Waals surface area contributed by atoms with Crippen LogP contribution >= 0.6 is 11.6 Å². The fourth-order valence-corrected chi connectivity index (χ4v) is 2.96. The molecular formula is C14H11ClNO5S-. The molecule has 0 fully saturated rings. The average molecular weight is 341 g/mol. The number of hydrogen-bond donors (Lipinski definition) is 0. The largest absolute Gasteiger partial charge is 0.716 e. The van der Waals surface area contributed by atoms with E-state index in [0.717, 1.165) is 5.56 Å². The molecule has 0 amide bonds. The van der Waals surface area contributed by atoms with Crippen molar-refractivity contribution < 1.29 is 21.9 Å². The van der Waals surface area contributed by atoms with Crippen LogP contribution in [0.4, 0.5) is 0 Å². The number of ether oxygens (including phenoxy) is 1. The maximum Gasteiger partial charge on any atom is 0.262 e. The van der Waals surface area contributed by atoms with Crippen LogP contribution in [0.1, 0.15) is 28.5 Å². The van der Waals surface area contributed by atoms with Crippen LogP contribution in [0.3, 0.4) is 0 Å². The zero-order valence-electron chi connectivity index (χ0n) is 11.4. The summed E-state index contributed by atoms with van der Waals surface area (Å²) in [7, 11) is -4.87. The zero-order chi connectivity index (χ0) is 15.9. The van der Waals surface area contributed by atoms with Gasteiger partial charge in [-0.1, -0.05) is 23.7 Å². The molecule has 1 atom stereocenters. The van der Waals surface area contributed by atoms with E-state index in [9.17, 15) is 13.0 Å². The molecule has 8 heteroatoms. The Bertz CT molecular complexity index is 820. The smallest absolute Gasteiger partial charge is 0.262 e. The van der Waals surface area contributed by atoms with Crippen molar-refractivity contribution in [3.63, 3.8) is 0 Å². The second kappa shape index (κ2) is 5.51. The third-order valence-corrected chi connectivity index (χ3v) is 4.01. The maximum atomic E-state index is 10.9. The summed E-state index contributed by atoms with van der Waals surface area (Å²) in [4.78, 5) is 4.09. The molecule has 3 rings (SSSR count). The molecule has 0 N–H and O–H groups in total. The number of hydrogen-bond acceptors (Lipinski definition) is 6. The van der Waals surface area contributed by atoms with Crippen LogP contribution in [0.15, 0.2) is 30.5 Å². The second-order valence-electron chi connectivity index (χ2n) is 4.84. The third-order valence-electron chi connectivity index (χ3n) is 3.38. The van der Waals surface area contributed by atoms with Gasteiger partial charge in [0.15, 0.2) is 5.75 Å². The highest BCUT2D eigenvalue weighted by atomic mass is 35.5. The lowest BCUT2D eigenvalue weighted by Gasteiger charge is -2.15. The van der Waals surface area contributed by atoms with Crippen LogP contribution in [0, 0.1) is 6.92 Å². The van der Waals surface area contributed by atoms with Crippen LogP contribution in [0.25, 0.3) is 0 Å². The van der Waals surface area contributed by atoms with Crippen LogP contribution in [-0.2, 0) is 21.7 Å². The fraction of sp³-hybridized carbons (Fsp3) is 0.214. The number of rotatable bonds is 3. The molecule has 1 aliphatic rings. The van der Waals surface area contributed by atoms with Gasteiger partial charge in [0, 0.05) is 22.3 Å². The van der Waals surface area contributed by atoms with Gasteiger partial charge in [-0.25, -0.2) is 8.42 Å². The summed E-state index contributed by atoms with van der Waals surface area (Å²) in [5.74, 6) is -0.0519. The first-order valence-corrected chi connectivity index (χ1v) is 8.07. The molecule has 6 nitrogen and oxygen atoms in total. The van der Waals surface area contributed by atoms with Gasteiger partial charge in [-0.3, -0.25) is 4.98 Å². The van der Waals surface area contributed by atoms with E-state index in [4.69, 9.17) is 16.3 Å². The molecule has 2 heterocycles. The first-order valence-electron chi connectivity index (χ1n) is 6.36. The van der Waals surface area contributed by atoms with E-state index in [2.05, 4.69) is 9.17 Å². The van der Waals surface area contributed by atoms with E-state index >= 15 is 0 Å². The van der Waals surface area contributed by atoms with E-state index in [1.165, 1.54) is 0 Å². The molecule has 0 bridgehead atoms. The Morgan fingerprint density at radius 1 is 1.36 bits per heavy atom. The van der Waals surface area contributed by atoms with E-state index < -0.39 is 16.5 Å². The zero-order valence-corrected chi connectivity index (χ0v) is 13.0. The first-order chi connectivity index (χ1) is 10.3. The highest BCUT2D eigenvalue weighted by Gasteiger charge is 2.30. The van der Waals surface area contributed by atoms with Crippen molar-refractivity contribution in [2.24, 2.45) is 0 Å². The molecule has 0 radical (unpaired) electrons. The van der Waals surface area contributed by atoms with Crippen molar-refractivity contribution in [3.8, 4) is 5.75 Å². The second-order valence-corrected chi connectivity index (χ2v) is 6.26. The van der Waals surface area contributed by atoms with Crippen LogP contribution < -0.4 is 4.18 Å². The van der Waals surface area contributed by atoms with E-state index in [1.807, 2.05) is 12.1 Å². The quantitative estimate of drug-likeness (QED) is 0.630. The highest BCUT2D eigenvalue weighted by Crippen LogP contribution is 2.41. The number of aryl methyl sites for hydroxylation is 1. The Balaban J connectivity index is 2.05. The summed E-state index contributed by atoms with van der Waals surface area (Å²) in [6.07, 6.45) is 1.19. The minimum absolute atomic E-state index is 0.0519. The van der Waals surface area contributed by atoms with Gasteiger partial charge >= 0.3 is 0 Å². The summed E-state index contributed by atoms with van der Waals surface area (Å²) < 4.78 is 42.9. The number of benzene rings is 1. The van der Waals surface area contributed by atoms with Gasteiger partial charge in [-0.15, -0.1) is 0 Å². The minimum Gasteiger partial charge on any atom is -0.716 e. The van der Waals surface area contributed by atoms with Crippen molar-refractivity contribution in [2.45, 2.75) is 19.6 Å². The lowest BCUT2D eigenvalue weighted by molar-refractivity contribution is 0.0934. The van der Waals surface area contributed by atoms with Gasteiger partial charge in [-0.2, -0.15) is 0 Å². The average Bonchev–Trinajstić information content (AvgIpc) is 2.86. The van der Waals surface area contributed by atoms with Gasteiger partial charge in [-0.05, 0) is 24.6 Å². The predicted octanol–water partition coefficient (Wildman–Crippen LogP) is 2.50. The Morgan fingerprint density at radius 3 is 2.68 bits per heavy atom. The molecule has 116 valence electrons. The molecule has 1 aliphatic heterocycles. The van der Waals surface area contributed by atoms with Crippen LogP contribution in [-0.4, -0.2) is 18.0 Å². The summed E-state index contributed by atoms with van der Waals surface area (Å²) >= 11 is 5.86. The fourth-order valence-electron chi connectivity index (χ4n) is 2.41. The van der Waals surface area contributed by atoms with Crippen LogP contribution in [0.5, 0.6) is 5.75 Å². The molecule has 2 aromatic rings. The monoisotopic (exact) mass is 340 g/mol. The minimum atomic E-state index is -4.87. The van der Waals surface area contributed by atoms with E-state index in [-0.39, 0.29) is 12.4 Å². The molecule has 0 saturated heterocycles. The number of halogens is 1. The van der Waals surface area contributed by atoms with Crippen molar-refractivity contribution in [2.75, 3.05) is 0 Å². The first kappa shape index (κ1) is 15.2. The topological polar surface area (TPSA) is 88.5 Å². The number of nitrogens with zero attached hydrogens (tertiary/aromatic N) is 1. The van der Waals surface area contributed by atoms with Crippen molar-refractivity contribution >= 4 is 22.0 Å². The van der Waals surface area contributed by atoms with Crippen molar-refractivity contribution in [1.29, 1.82) is 0 Å². The SMILES string of the molecule is Cc1ncc2c(c1OS(=O)(=O)[O-])COC2c1ccc(Cl)cc1. The van der Waals surface area contributed by atoms with Gasteiger partial charge < -0.3 is 13.5 Å². The maximum absolute atomic E-state index is 10.9. The summed E-state index contributed by atoms with van der Waals surface area (Å²) in [6, 6.07) is 7.10. The van der Waals surface area contributed by atoms with Crippen LogP contribution in [0.2, 0.25) is 5.02 Å². The van der Waals surface area contributed by atoms with Crippen molar-refractivity contribution in [3.05, 3.63) is 57.9 Å². The highest BCUT2D eigenvalue weighted by molar-refractivity contribution is 7.81. The standard InChI is InChI=1S/C14H12ClNO5S/c1-8-13(21-22(17,18)19)12-7-20-14(11(12)6-16-8)9-2-4-10(15)5-3-9/h2-6,14H,7H2,1H3,(H,17,18,19)/p-1. The molecule has 22 heavy (non-hydrogen) atoms. The summed E-state index contributed by atoms with van der Waals surface area (Å²) in [5.41, 5.74) is 2.36. The Kier molecular flexibility index (Phi) is 3.82. The van der Waals surface area contributed by atoms with Gasteiger partial charge in [0.25, 0.3) is 10.4 Å². The number of aromatic nitrogens is 1. The van der Waals surface area contributed by atoms with Gasteiger partial charge in [0.1, 0.15) is 6.10 Å². The number of fused-ring (bicyclic) bond motifs is 1. The molecule has 1 aromatic carbocycles. The number of pyridine rings is 1. The molecule has 0 saturated carbocycles. The Labute approximate surface area is 132 Å². The molecule has 0 aliphatic carbocycles.